The topological polar surface area (TPSA) is 70.0 Å². The predicted molar refractivity (Wildman–Crippen MR) is 76.7 cm³/mol. The monoisotopic (exact) mass is 272 g/mol. The molecule has 1 unspecified atom stereocenters. The van der Waals surface area contributed by atoms with Crippen molar-refractivity contribution >= 4 is 11.8 Å². The Labute approximate surface area is 119 Å². The third kappa shape index (κ3) is 4.51. The van der Waals surface area contributed by atoms with E-state index in [1.165, 1.54) is 0 Å². The Morgan fingerprint density at radius 3 is 2.30 bits per heavy atom. The molecule has 4 heteroatoms. The van der Waals surface area contributed by atoms with Crippen molar-refractivity contribution in [2.24, 2.45) is 11.8 Å². The highest BCUT2D eigenvalue weighted by Gasteiger charge is 2.22. The molecule has 1 rings (SSSR count). The Morgan fingerprint density at radius 2 is 1.80 bits per heavy atom. The summed E-state index contributed by atoms with van der Waals surface area (Å²) in [6, 6.07) is 10.7. The van der Waals surface area contributed by atoms with Crippen LogP contribution in [0.2, 0.25) is 0 Å². The minimum Gasteiger partial charge on any atom is -0.292 e. The molecule has 0 spiro atoms. The summed E-state index contributed by atoms with van der Waals surface area (Å²) in [5.41, 5.74) is 0.442. The largest absolute Gasteiger partial charge is 0.292 e. The van der Waals surface area contributed by atoms with Crippen LogP contribution in [0.25, 0.3) is 0 Å². The number of imide groups is 1. The highest BCUT2D eigenvalue weighted by Crippen LogP contribution is 2.22. The van der Waals surface area contributed by atoms with Gasteiger partial charge < -0.3 is 0 Å². The molecule has 0 aliphatic heterocycles. The Hall–Kier alpha value is -2.15. The summed E-state index contributed by atoms with van der Waals surface area (Å²) in [6.07, 6.45) is 1.78. The summed E-state index contributed by atoms with van der Waals surface area (Å²) in [5, 5.41) is 11.5. The minimum absolute atomic E-state index is 0.0709. The van der Waals surface area contributed by atoms with Gasteiger partial charge in [0.05, 0.1) is 12.0 Å². The van der Waals surface area contributed by atoms with Gasteiger partial charge in [0.2, 0.25) is 5.91 Å². The Bertz CT molecular complexity index is 487. The number of carbonyl (C=O) groups excluding carboxylic acids is 2. The number of benzene rings is 1. The molecule has 0 heterocycles. The summed E-state index contributed by atoms with van der Waals surface area (Å²) < 4.78 is 0. The third-order valence-electron chi connectivity index (χ3n) is 3.48. The molecule has 0 bridgehead atoms. The molecule has 4 nitrogen and oxygen atoms in total. The van der Waals surface area contributed by atoms with Gasteiger partial charge in [-0.25, -0.2) is 0 Å². The van der Waals surface area contributed by atoms with Gasteiger partial charge in [0, 0.05) is 12.0 Å². The van der Waals surface area contributed by atoms with Crippen LogP contribution in [0.1, 0.15) is 43.5 Å². The van der Waals surface area contributed by atoms with Gasteiger partial charge in [-0.15, -0.1) is 0 Å². The lowest BCUT2D eigenvalue weighted by Crippen LogP contribution is -2.32. The summed E-state index contributed by atoms with van der Waals surface area (Å²) in [6.45, 7) is 4.01. The van der Waals surface area contributed by atoms with Crippen molar-refractivity contribution in [2.75, 3.05) is 0 Å². The summed E-state index contributed by atoms with van der Waals surface area (Å²) in [4.78, 5) is 23.7. The first-order valence-corrected chi connectivity index (χ1v) is 6.91. The highest BCUT2D eigenvalue weighted by atomic mass is 16.2. The highest BCUT2D eigenvalue weighted by molar-refractivity contribution is 6.04. The lowest BCUT2D eigenvalue weighted by molar-refractivity contribution is -0.121. The number of carbonyl (C=O) groups is 2. The lowest BCUT2D eigenvalue weighted by Gasteiger charge is -2.17. The van der Waals surface area contributed by atoms with E-state index in [9.17, 15) is 9.59 Å². The van der Waals surface area contributed by atoms with E-state index >= 15 is 0 Å². The van der Waals surface area contributed by atoms with E-state index in [4.69, 9.17) is 5.26 Å². The van der Waals surface area contributed by atoms with Crippen molar-refractivity contribution in [3.8, 4) is 6.07 Å². The van der Waals surface area contributed by atoms with Crippen LogP contribution in [-0.2, 0) is 4.79 Å². The zero-order valence-corrected chi connectivity index (χ0v) is 11.9. The van der Waals surface area contributed by atoms with Crippen molar-refractivity contribution in [1.29, 1.82) is 5.26 Å². The van der Waals surface area contributed by atoms with Gasteiger partial charge in [0.1, 0.15) is 0 Å². The average Bonchev–Trinajstić information content (AvgIpc) is 2.48. The fourth-order valence-electron chi connectivity index (χ4n) is 2.21. The molecular weight excluding hydrogens is 252 g/mol. The molecule has 0 radical (unpaired) electrons. The van der Waals surface area contributed by atoms with Crippen LogP contribution < -0.4 is 5.32 Å². The second-order valence-corrected chi connectivity index (χ2v) is 4.76. The van der Waals surface area contributed by atoms with Gasteiger partial charge in [-0.3, -0.25) is 14.9 Å². The quantitative estimate of drug-likeness (QED) is 0.865. The number of hydrogen-bond donors (Lipinski definition) is 1. The van der Waals surface area contributed by atoms with Gasteiger partial charge in [-0.2, -0.15) is 5.26 Å². The molecule has 0 saturated heterocycles. The van der Waals surface area contributed by atoms with E-state index in [2.05, 4.69) is 11.4 Å². The molecule has 0 fully saturated rings. The molecule has 106 valence electrons. The van der Waals surface area contributed by atoms with Crippen LogP contribution in [0, 0.1) is 23.2 Å². The first kappa shape index (κ1) is 15.9. The maximum Gasteiger partial charge on any atom is 0.257 e. The molecule has 1 N–H and O–H groups in total. The molecule has 2 amide bonds. The standard InChI is InChI=1S/C16H20N2O2/c1-3-12(4-2)14(11-17)10-15(19)18-16(20)13-8-6-5-7-9-13/h5-9,12,14H,3-4,10H2,1-2H3,(H,18,19,20). The fraction of sp³-hybridized carbons (Fsp3) is 0.438. The Balaban J connectivity index is 2.59. The summed E-state index contributed by atoms with van der Waals surface area (Å²) >= 11 is 0. The normalized spacial score (nSPS) is 11.7. The molecule has 0 aliphatic rings. The van der Waals surface area contributed by atoms with Crippen molar-refractivity contribution in [2.45, 2.75) is 33.1 Å². The van der Waals surface area contributed by atoms with E-state index in [-0.39, 0.29) is 18.3 Å². The third-order valence-corrected chi connectivity index (χ3v) is 3.48. The van der Waals surface area contributed by atoms with Crippen molar-refractivity contribution in [1.82, 2.24) is 5.32 Å². The van der Waals surface area contributed by atoms with Gasteiger partial charge >= 0.3 is 0 Å². The Kier molecular flexibility index (Phi) is 6.45. The van der Waals surface area contributed by atoms with Crippen LogP contribution in [0.3, 0.4) is 0 Å². The first-order chi connectivity index (χ1) is 9.62. The molecule has 0 aromatic heterocycles. The molecule has 0 aliphatic carbocycles. The molecular formula is C16H20N2O2. The second kappa shape index (κ2) is 8.11. The maximum atomic E-state index is 11.8. The van der Waals surface area contributed by atoms with Gasteiger partial charge in [-0.05, 0) is 18.1 Å². The number of nitriles is 1. The maximum absolute atomic E-state index is 11.8. The van der Waals surface area contributed by atoms with Gasteiger partial charge in [0.25, 0.3) is 5.91 Å². The molecule has 1 atom stereocenters. The number of nitrogens with one attached hydrogen (secondary N) is 1. The molecule has 1 aromatic rings. The average molecular weight is 272 g/mol. The smallest absolute Gasteiger partial charge is 0.257 e. The van der Waals surface area contributed by atoms with Gasteiger partial charge in [-0.1, -0.05) is 44.9 Å². The van der Waals surface area contributed by atoms with Crippen molar-refractivity contribution in [3.05, 3.63) is 35.9 Å². The number of nitrogens with zero attached hydrogens (tertiary/aromatic N) is 1. The minimum atomic E-state index is -0.420. The Morgan fingerprint density at radius 1 is 1.20 bits per heavy atom. The van der Waals surface area contributed by atoms with Crippen LogP contribution in [-0.4, -0.2) is 11.8 Å². The fourth-order valence-corrected chi connectivity index (χ4v) is 2.21. The van der Waals surface area contributed by atoms with Crippen molar-refractivity contribution in [3.63, 3.8) is 0 Å². The van der Waals surface area contributed by atoms with Crippen LogP contribution in [0.4, 0.5) is 0 Å². The first-order valence-electron chi connectivity index (χ1n) is 6.91. The number of amides is 2. The number of hydrogen-bond acceptors (Lipinski definition) is 3. The van der Waals surface area contributed by atoms with Crippen LogP contribution >= 0.6 is 0 Å². The van der Waals surface area contributed by atoms with Crippen LogP contribution in [0.5, 0.6) is 0 Å². The number of rotatable bonds is 6. The molecule has 1 aromatic carbocycles. The van der Waals surface area contributed by atoms with E-state index in [1.54, 1.807) is 30.3 Å². The zero-order valence-electron chi connectivity index (χ0n) is 11.9. The lowest BCUT2D eigenvalue weighted by atomic mass is 9.86. The van der Waals surface area contributed by atoms with E-state index in [1.807, 2.05) is 13.8 Å². The van der Waals surface area contributed by atoms with Crippen molar-refractivity contribution < 1.29 is 9.59 Å². The molecule has 20 heavy (non-hydrogen) atoms. The molecule has 0 saturated carbocycles. The zero-order chi connectivity index (χ0) is 15.0. The van der Waals surface area contributed by atoms with Crippen LogP contribution in [0.15, 0.2) is 30.3 Å². The SMILES string of the molecule is CCC(CC)C(C#N)CC(=O)NC(=O)c1ccccc1. The van der Waals surface area contributed by atoms with E-state index < -0.39 is 11.8 Å². The van der Waals surface area contributed by atoms with Gasteiger partial charge in [0.15, 0.2) is 0 Å². The van der Waals surface area contributed by atoms with E-state index in [0.717, 1.165) is 12.8 Å². The summed E-state index contributed by atoms with van der Waals surface area (Å²) in [5.74, 6) is -0.958. The second-order valence-electron chi connectivity index (χ2n) is 4.76. The van der Waals surface area contributed by atoms with E-state index in [0.29, 0.717) is 5.56 Å². The predicted octanol–water partition coefficient (Wildman–Crippen LogP) is 2.91. The summed E-state index contributed by atoms with van der Waals surface area (Å²) in [7, 11) is 0.